The molecule has 0 aliphatic carbocycles. The Morgan fingerprint density at radius 2 is 1.72 bits per heavy atom. The number of hydrogen-bond acceptors (Lipinski definition) is 4. The van der Waals surface area contributed by atoms with E-state index in [2.05, 4.69) is 24.5 Å². The lowest BCUT2D eigenvalue weighted by molar-refractivity contribution is -0.122. The normalized spacial score (nSPS) is 13.3. The van der Waals surface area contributed by atoms with E-state index in [-0.39, 0.29) is 17.7 Å². The average Bonchev–Trinajstić information content (AvgIpc) is 3.14. The van der Waals surface area contributed by atoms with Crippen molar-refractivity contribution in [2.45, 2.75) is 38.8 Å². The maximum Gasteiger partial charge on any atom is 0.287 e. The van der Waals surface area contributed by atoms with Crippen LogP contribution in [-0.2, 0) is 4.79 Å². The number of amides is 2. The fourth-order valence-electron chi connectivity index (χ4n) is 2.35. The Balaban J connectivity index is 1.82. The summed E-state index contributed by atoms with van der Waals surface area (Å²) < 4.78 is 4.99. The molecule has 6 nitrogen and oxygen atoms in total. The van der Waals surface area contributed by atoms with Gasteiger partial charge in [0.25, 0.3) is 5.91 Å². The van der Waals surface area contributed by atoms with Crippen molar-refractivity contribution in [2.75, 3.05) is 6.54 Å². The summed E-state index contributed by atoms with van der Waals surface area (Å²) in [6.45, 7) is 6.17. The summed E-state index contributed by atoms with van der Waals surface area (Å²) in [4.78, 5) is 24.0. The van der Waals surface area contributed by atoms with Crippen molar-refractivity contribution in [3.8, 4) is 0 Å². The SMILES string of the molecule is CC(NC(=O)c1ccco1)C(=O)NCC(N)c1ccc(C(C)C)cc1. The van der Waals surface area contributed by atoms with Gasteiger partial charge in [0.2, 0.25) is 5.91 Å². The zero-order chi connectivity index (χ0) is 18.4. The molecular weight excluding hydrogens is 318 g/mol. The topological polar surface area (TPSA) is 97.4 Å². The third kappa shape index (κ3) is 5.19. The molecule has 0 radical (unpaired) electrons. The van der Waals surface area contributed by atoms with Crippen molar-refractivity contribution in [2.24, 2.45) is 5.73 Å². The van der Waals surface area contributed by atoms with Gasteiger partial charge in [-0.05, 0) is 36.1 Å². The monoisotopic (exact) mass is 343 g/mol. The lowest BCUT2D eigenvalue weighted by Gasteiger charge is -2.17. The molecule has 1 aromatic heterocycles. The minimum atomic E-state index is -0.687. The smallest absolute Gasteiger partial charge is 0.287 e. The fourth-order valence-corrected chi connectivity index (χ4v) is 2.35. The number of nitrogens with two attached hydrogens (primary N) is 1. The molecule has 0 spiro atoms. The molecule has 0 saturated heterocycles. The molecule has 6 heteroatoms. The highest BCUT2D eigenvalue weighted by molar-refractivity contribution is 5.95. The van der Waals surface area contributed by atoms with Gasteiger partial charge in [0.15, 0.2) is 5.76 Å². The van der Waals surface area contributed by atoms with Crippen molar-refractivity contribution in [3.63, 3.8) is 0 Å². The van der Waals surface area contributed by atoms with Crippen LogP contribution in [0.1, 0.15) is 54.4 Å². The number of furan rings is 1. The van der Waals surface area contributed by atoms with E-state index in [1.165, 1.54) is 17.9 Å². The molecule has 2 amide bonds. The van der Waals surface area contributed by atoms with Crippen LogP contribution in [0.5, 0.6) is 0 Å². The van der Waals surface area contributed by atoms with Gasteiger partial charge in [0.1, 0.15) is 6.04 Å². The van der Waals surface area contributed by atoms with E-state index in [1.807, 2.05) is 24.3 Å². The molecular formula is C19H25N3O3. The predicted molar refractivity (Wildman–Crippen MR) is 96.1 cm³/mol. The lowest BCUT2D eigenvalue weighted by atomic mass is 9.99. The first kappa shape index (κ1) is 18.7. The largest absolute Gasteiger partial charge is 0.459 e. The van der Waals surface area contributed by atoms with Gasteiger partial charge < -0.3 is 20.8 Å². The van der Waals surface area contributed by atoms with Gasteiger partial charge in [0, 0.05) is 12.6 Å². The van der Waals surface area contributed by atoms with Crippen molar-refractivity contribution >= 4 is 11.8 Å². The summed E-state index contributed by atoms with van der Waals surface area (Å²) >= 11 is 0. The Hall–Kier alpha value is -2.60. The summed E-state index contributed by atoms with van der Waals surface area (Å²) in [6.07, 6.45) is 1.41. The first-order chi connectivity index (χ1) is 11.9. The van der Waals surface area contributed by atoms with Crippen molar-refractivity contribution < 1.29 is 14.0 Å². The summed E-state index contributed by atoms with van der Waals surface area (Å²) in [6, 6.07) is 10.2. The standard InChI is InChI=1S/C19H25N3O3/c1-12(2)14-6-8-15(9-7-14)16(20)11-21-18(23)13(3)22-19(24)17-5-4-10-25-17/h4-10,12-13,16H,11,20H2,1-3H3,(H,21,23)(H,22,24). The Kier molecular flexibility index (Phi) is 6.36. The molecule has 1 heterocycles. The van der Waals surface area contributed by atoms with Crippen molar-refractivity contribution in [3.05, 3.63) is 59.5 Å². The molecule has 2 aromatic rings. The third-order valence-corrected chi connectivity index (χ3v) is 4.01. The van der Waals surface area contributed by atoms with Crippen LogP contribution in [0.2, 0.25) is 0 Å². The van der Waals surface area contributed by atoms with Crippen molar-refractivity contribution in [1.82, 2.24) is 10.6 Å². The maximum atomic E-state index is 12.1. The Labute approximate surface area is 147 Å². The zero-order valence-corrected chi connectivity index (χ0v) is 14.8. The second-order valence-corrected chi connectivity index (χ2v) is 6.35. The molecule has 25 heavy (non-hydrogen) atoms. The lowest BCUT2D eigenvalue weighted by Crippen LogP contribution is -2.46. The summed E-state index contributed by atoms with van der Waals surface area (Å²) in [7, 11) is 0. The van der Waals surface area contributed by atoms with Crippen LogP contribution in [-0.4, -0.2) is 24.4 Å². The molecule has 134 valence electrons. The number of rotatable bonds is 7. The number of carbonyl (C=O) groups excluding carboxylic acids is 2. The highest BCUT2D eigenvalue weighted by atomic mass is 16.3. The molecule has 0 aliphatic heterocycles. The summed E-state index contributed by atoms with van der Waals surface area (Å²) in [5, 5.41) is 5.34. The van der Waals surface area contributed by atoms with E-state index >= 15 is 0 Å². The van der Waals surface area contributed by atoms with E-state index in [0.29, 0.717) is 12.5 Å². The third-order valence-electron chi connectivity index (χ3n) is 4.01. The Morgan fingerprint density at radius 3 is 2.28 bits per heavy atom. The van der Waals surface area contributed by atoms with E-state index in [0.717, 1.165) is 5.56 Å². The van der Waals surface area contributed by atoms with Crippen LogP contribution in [0.3, 0.4) is 0 Å². The molecule has 0 aliphatic rings. The van der Waals surface area contributed by atoms with Gasteiger partial charge in [-0.2, -0.15) is 0 Å². The molecule has 4 N–H and O–H groups in total. The van der Waals surface area contributed by atoms with Crippen LogP contribution in [0.15, 0.2) is 47.1 Å². The van der Waals surface area contributed by atoms with E-state index < -0.39 is 11.9 Å². The minimum absolute atomic E-state index is 0.168. The number of nitrogens with one attached hydrogen (secondary N) is 2. The summed E-state index contributed by atoms with van der Waals surface area (Å²) in [5.41, 5.74) is 8.33. The van der Waals surface area contributed by atoms with Crippen LogP contribution >= 0.6 is 0 Å². The first-order valence-electron chi connectivity index (χ1n) is 8.36. The van der Waals surface area contributed by atoms with Crippen LogP contribution in [0.4, 0.5) is 0 Å². The summed E-state index contributed by atoms with van der Waals surface area (Å²) in [5.74, 6) is -0.0967. The van der Waals surface area contributed by atoms with Crippen molar-refractivity contribution in [1.29, 1.82) is 0 Å². The Bertz CT molecular complexity index is 693. The molecule has 0 bridgehead atoms. The predicted octanol–water partition coefficient (Wildman–Crippen LogP) is 2.34. The highest BCUT2D eigenvalue weighted by Crippen LogP contribution is 2.17. The minimum Gasteiger partial charge on any atom is -0.459 e. The molecule has 1 aromatic carbocycles. The molecule has 2 rings (SSSR count). The molecule has 0 saturated carbocycles. The van der Waals surface area contributed by atoms with Gasteiger partial charge in [0.05, 0.1) is 6.26 Å². The van der Waals surface area contributed by atoms with Gasteiger partial charge in [-0.15, -0.1) is 0 Å². The number of carbonyl (C=O) groups is 2. The van der Waals surface area contributed by atoms with Gasteiger partial charge in [-0.3, -0.25) is 9.59 Å². The average molecular weight is 343 g/mol. The van der Waals surface area contributed by atoms with Crippen LogP contribution in [0.25, 0.3) is 0 Å². The van der Waals surface area contributed by atoms with Gasteiger partial charge in [-0.25, -0.2) is 0 Å². The number of benzene rings is 1. The number of hydrogen-bond donors (Lipinski definition) is 3. The van der Waals surface area contributed by atoms with Crippen LogP contribution < -0.4 is 16.4 Å². The zero-order valence-electron chi connectivity index (χ0n) is 14.8. The fraction of sp³-hybridized carbons (Fsp3) is 0.368. The van der Waals surface area contributed by atoms with Gasteiger partial charge >= 0.3 is 0 Å². The second-order valence-electron chi connectivity index (χ2n) is 6.35. The molecule has 2 atom stereocenters. The quantitative estimate of drug-likeness (QED) is 0.719. The molecule has 0 fully saturated rings. The van der Waals surface area contributed by atoms with E-state index in [9.17, 15) is 9.59 Å². The van der Waals surface area contributed by atoms with Crippen LogP contribution in [0, 0.1) is 0 Å². The van der Waals surface area contributed by atoms with E-state index in [4.69, 9.17) is 10.2 Å². The van der Waals surface area contributed by atoms with E-state index in [1.54, 1.807) is 13.0 Å². The van der Waals surface area contributed by atoms with Gasteiger partial charge in [-0.1, -0.05) is 38.1 Å². The maximum absolute atomic E-state index is 12.1. The highest BCUT2D eigenvalue weighted by Gasteiger charge is 2.18. The first-order valence-corrected chi connectivity index (χ1v) is 8.36. The molecule has 2 unspecified atom stereocenters. The Morgan fingerprint density at radius 1 is 1.08 bits per heavy atom. The second kappa shape index (κ2) is 8.48.